The van der Waals surface area contributed by atoms with E-state index < -0.39 is 0 Å². The van der Waals surface area contributed by atoms with Crippen LogP contribution in [0.15, 0.2) is 18.2 Å². The molecule has 0 spiro atoms. The average molecular weight is 258 g/mol. The van der Waals surface area contributed by atoms with E-state index in [4.69, 9.17) is 23.2 Å². The lowest BCUT2D eigenvalue weighted by molar-refractivity contribution is -0.133. The molecule has 0 radical (unpaired) electrons. The van der Waals surface area contributed by atoms with Crippen LogP contribution in [0.3, 0.4) is 0 Å². The second kappa shape index (κ2) is 4.44. The van der Waals surface area contributed by atoms with Gasteiger partial charge in [0.25, 0.3) is 0 Å². The van der Waals surface area contributed by atoms with Gasteiger partial charge in [-0.15, -0.1) is 0 Å². The summed E-state index contributed by atoms with van der Waals surface area (Å²) in [6.45, 7) is 0. The fourth-order valence-electron chi connectivity index (χ4n) is 1.82. The molecule has 1 aliphatic rings. The van der Waals surface area contributed by atoms with Gasteiger partial charge in [-0.2, -0.15) is 0 Å². The predicted molar refractivity (Wildman–Crippen MR) is 61.6 cm³/mol. The summed E-state index contributed by atoms with van der Waals surface area (Å²) in [6.07, 6.45) is 0.588. The fourth-order valence-corrected chi connectivity index (χ4v) is 2.37. The first-order valence-corrected chi connectivity index (χ1v) is 5.59. The van der Waals surface area contributed by atoms with Crippen LogP contribution in [-0.2, 0) is 9.59 Å². The van der Waals surface area contributed by atoms with Crippen molar-refractivity contribution in [1.82, 2.24) is 5.32 Å². The molecule has 1 N–H and O–H groups in total. The number of nitrogens with one attached hydrogen (secondary N) is 1. The first kappa shape index (κ1) is 11.4. The van der Waals surface area contributed by atoms with Gasteiger partial charge in [-0.25, -0.2) is 0 Å². The van der Waals surface area contributed by atoms with E-state index in [0.717, 1.165) is 5.56 Å². The van der Waals surface area contributed by atoms with Gasteiger partial charge < -0.3 is 0 Å². The molecule has 1 aromatic rings. The Morgan fingerprint density at radius 2 is 1.50 bits per heavy atom. The van der Waals surface area contributed by atoms with Gasteiger partial charge in [0.15, 0.2) is 0 Å². The molecule has 84 valence electrons. The standard InChI is InChI=1S/C11H9Cl2NO2/c12-8-1-6(2-9(13)5-8)7-3-10(15)14-11(16)4-7/h1-2,5,7H,3-4H2,(H,14,15,16). The summed E-state index contributed by atoms with van der Waals surface area (Å²) in [5.41, 5.74) is 0.834. The zero-order chi connectivity index (χ0) is 11.7. The number of hydrogen-bond donors (Lipinski definition) is 1. The van der Waals surface area contributed by atoms with E-state index in [1.165, 1.54) is 0 Å². The number of halogens is 2. The molecule has 16 heavy (non-hydrogen) atoms. The third-order valence-corrected chi connectivity index (χ3v) is 2.94. The summed E-state index contributed by atoms with van der Waals surface area (Å²) < 4.78 is 0. The Balaban J connectivity index is 2.29. The summed E-state index contributed by atoms with van der Waals surface area (Å²) in [5, 5.41) is 3.29. The van der Waals surface area contributed by atoms with Crippen molar-refractivity contribution in [1.29, 1.82) is 0 Å². The molecular formula is C11H9Cl2NO2. The monoisotopic (exact) mass is 257 g/mol. The maximum absolute atomic E-state index is 11.2. The number of imide groups is 1. The van der Waals surface area contributed by atoms with Crippen LogP contribution in [0.25, 0.3) is 0 Å². The van der Waals surface area contributed by atoms with Crippen molar-refractivity contribution in [2.45, 2.75) is 18.8 Å². The second-order valence-corrected chi connectivity index (χ2v) is 4.65. The Bertz CT molecular complexity index is 423. The second-order valence-electron chi connectivity index (χ2n) is 3.78. The molecule has 1 saturated heterocycles. The first-order chi connectivity index (χ1) is 7.54. The minimum atomic E-state index is -0.252. The molecule has 2 amide bonds. The van der Waals surface area contributed by atoms with E-state index in [0.29, 0.717) is 22.9 Å². The number of amides is 2. The molecule has 0 bridgehead atoms. The summed E-state index contributed by atoms with van der Waals surface area (Å²) in [5.74, 6) is -0.632. The maximum Gasteiger partial charge on any atom is 0.227 e. The van der Waals surface area contributed by atoms with Crippen LogP contribution >= 0.6 is 23.2 Å². The van der Waals surface area contributed by atoms with Gasteiger partial charge in [0.1, 0.15) is 0 Å². The number of carbonyl (C=O) groups is 2. The van der Waals surface area contributed by atoms with Crippen LogP contribution in [0.2, 0.25) is 10.0 Å². The smallest absolute Gasteiger partial charge is 0.227 e. The molecule has 2 rings (SSSR count). The lowest BCUT2D eigenvalue weighted by Gasteiger charge is -2.21. The lowest BCUT2D eigenvalue weighted by atomic mass is 9.89. The number of piperidine rings is 1. The summed E-state index contributed by atoms with van der Waals surface area (Å²) in [6, 6.07) is 5.10. The molecule has 1 aromatic carbocycles. The molecule has 1 aliphatic heterocycles. The van der Waals surface area contributed by atoms with E-state index in [-0.39, 0.29) is 17.7 Å². The number of benzene rings is 1. The molecule has 0 unspecified atom stereocenters. The van der Waals surface area contributed by atoms with Crippen LogP contribution < -0.4 is 5.32 Å². The van der Waals surface area contributed by atoms with Crippen molar-refractivity contribution in [3.8, 4) is 0 Å². The predicted octanol–water partition coefficient (Wildman–Crippen LogP) is 2.51. The topological polar surface area (TPSA) is 46.2 Å². The van der Waals surface area contributed by atoms with Crippen molar-refractivity contribution in [2.24, 2.45) is 0 Å². The maximum atomic E-state index is 11.2. The molecular weight excluding hydrogens is 249 g/mol. The normalized spacial score (nSPS) is 17.4. The molecule has 0 aliphatic carbocycles. The van der Waals surface area contributed by atoms with E-state index in [1.807, 2.05) is 0 Å². The Morgan fingerprint density at radius 1 is 1.00 bits per heavy atom. The van der Waals surface area contributed by atoms with E-state index in [1.54, 1.807) is 18.2 Å². The van der Waals surface area contributed by atoms with Crippen LogP contribution in [0.5, 0.6) is 0 Å². The van der Waals surface area contributed by atoms with Crippen LogP contribution in [0.4, 0.5) is 0 Å². The minimum Gasteiger partial charge on any atom is -0.296 e. The molecule has 0 aromatic heterocycles. The van der Waals surface area contributed by atoms with Crippen molar-refractivity contribution in [3.63, 3.8) is 0 Å². The lowest BCUT2D eigenvalue weighted by Crippen LogP contribution is -2.37. The van der Waals surface area contributed by atoms with Crippen LogP contribution in [0.1, 0.15) is 24.3 Å². The molecule has 1 fully saturated rings. The highest BCUT2D eigenvalue weighted by molar-refractivity contribution is 6.34. The van der Waals surface area contributed by atoms with Gasteiger partial charge in [0, 0.05) is 28.8 Å². The average Bonchev–Trinajstić information content (AvgIpc) is 2.14. The van der Waals surface area contributed by atoms with E-state index in [2.05, 4.69) is 5.32 Å². The van der Waals surface area contributed by atoms with E-state index in [9.17, 15) is 9.59 Å². The molecule has 3 nitrogen and oxygen atoms in total. The van der Waals surface area contributed by atoms with E-state index >= 15 is 0 Å². The summed E-state index contributed by atoms with van der Waals surface area (Å²) >= 11 is 11.7. The van der Waals surface area contributed by atoms with Crippen molar-refractivity contribution >= 4 is 35.0 Å². The van der Waals surface area contributed by atoms with Crippen molar-refractivity contribution < 1.29 is 9.59 Å². The zero-order valence-electron chi connectivity index (χ0n) is 8.30. The quantitative estimate of drug-likeness (QED) is 0.786. The third-order valence-electron chi connectivity index (χ3n) is 2.50. The number of hydrogen-bond acceptors (Lipinski definition) is 2. The fraction of sp³-hybridized carbons (Fsp3) is 0.273. The zero-order valence-corrected chi connectivity index (χ0v) is 9.81. The Morgan fingerprint density at radius 3 is 2.00 bits per heavy atom. The summed E-state index contributed by atoms with van der Waals surface area (Å²) in [4.78, 5) is 22.5. The molecule has 1 heterocycles. The SMILES string of the molecule is O=C1CC(c2cc(Cl)cc(Cl)c2)CC(=O)N1. The Kier molecular flexibility index (Phi) is 3.17. The van der Waals surface area contributed by atoms with Gasteiger partial charge in [-0.05, 0) is 23.8 Å². The van der Waals surface area contributed by atoms with Crippen LogP contribution in [-0.4, -0.2) is 11.8 Å². The Hall–Kier alpha value is -1.06. The number of carbonyl (C=O) groups excluding carboxylic acids is 2. The number of rotatable bonds is 1. The van der Waals surface area contributed by atoms with Gasteiger partial charge in [0.2, 0.25) is 11.8 Å². The van der Waals surface area contributed by atoms with Crippen LogP contribution in [0, 0.1) is 0 Å². The van der Waals surface area contributed by atoms with Crippen molar-refractivity contribution in [2.75, 3.05) is 0 Å². The molecule has 0 saturated carbocycles. The summed E-state index contributed by atoms with van der Waals surface area (Å²) in [7, 11) is 0. The van der Waals surface area contributed by atoms with Gasteiger partial charge in [0.05, 0.1) is 0 Å². The van der Waals surface area contributed by atoms with Crippen molar-refractivity contribution in [3.05, 3.63) is 33.8 Å². The largest absolute Gasteiger partial charge is 0.296 e. The molecule has 5 heteroatoms. The molecule has 0 atom stereocenters. The first-order valence-electron chi connectivity index (χ1n) is 4.83. The van der Waals surface area contributed by atoms with Gasteiger partial charge in [-0.3, -0.25) is 14.9 Å². The van der Waals surface area contributed by atoms with Gasteiger partial charge in [-0.1, -0.05) is 23.2 Å². The minimum absolute atomic E-state index is 0.127. The highest BCUT2D eigenvalue weighted by atomic mass is 35.5. The Labute approximate surface area is 103 Å². The highest BCUT2D eigenvalue weighted by Gasteiger charge is 2.26. The van der Waals surface area contributed by atoms with Gasteiger partial charge >= 0.3 is 0 Å². The highest BCUT2D eigenvalue weighted by Crippen LogP contribution is 2.30. The third kappa shape index (κ3) is 2.54.